The van der Waals surface area contributed by atoms with Gasteiger partial charge in [-0.2, -0.15) is 4.98 Å². The van der Waals surface area contributed by atoms with Gasteiger partial charge < -0.3 is 9.63 Å². The second kappa shape index (κ2) is 4.86. The molecule has 96 valence electrons. The molecule has 0 amide bonds. The Kier molecular flexibility index (Phi) is 3.43. The minimum atomic E-state index is -0.514. The Hall–Kier alpha value is -1.75. The predicted molar refractivity (Wildman–Crippen MR) is 66.7 cm³/mol. The summed E-state index contributed by atoms with van der Waals surface area (Å²) in [4.78, 5) is 8.26. The van der Waals surface area contributed by atoms with Crippen molar-refractivity contribution in [3.63, 3.8) is 0 Å². The molecule has 2 rings (SSSR count). The smallest absolute Gasteiger partial charge is 0.229 e. The molecule has 2 aromatic rings. The predicted octanol–water partition coefficient (Wildman–Crippen LogP) is 2.08. The summed E-state index contributed by atoms with van der Waals surface area (Å²) in [6, 6.07) is 3.68. The third-order valence-electron chi connectivity index (χ3n) is 2.76. The van der Waals surface area contributed by atoms with Gasteiger partial charge in [0.25, 0.3) is 0 Å². The molecule has 0 aliphatic heterocycles. The lowest BCUT2D eigenvalue weighted by molar-refractivity contribution is 0.0565. The SMILES string of the molecule is CC(C)(C)C(O)Cc1nc(-c2cccnc2)no1. The zero-order valence-electron chi connectivity index (χ0n) is 10.8. The Balaban J connectivity index is 2.12. The van der Waals surface area contributed by atoms with Crippen LogP contribution in [0.25, 0.3) is 11.4 Å². The van der Waals surface area contributed by atoms with E-state index in [0.29, 0.717) is 18.1 Å². The number of pyridine rings is 1. The minimum absolute atomic E-state index is 0.205. The van der Waals surface area contributed by atoms with Crippen molar-refractivity contribution in [1.82, 2.24) is 15.1 Å². The van der Waals surface area contributed by atoms with Crippen LogP contribution in [0, 0.1) is 5.41 Å². The van der Waals surface area contributed by atoms with E-state index in [-0.39, 0.29) is 5.41 Å². The van der Waals surface area contributed by atoms with Gasteiger partial charge in [0, 0.05) is 18.0 Å². The molecule has 1 unspecified atom stereocenters. The van der Waals surface area contributed by atoms with Crippen molar-refractivity contribution >= 4 is 0 Å². The Labute approximate surface area is 106 Å². The van der Waals surface area contributed by atoms with Crippen LogP contribution < -0.4 is 0 Å². The van der Waals surface area contributed by atoms with Gasteiger partial charge in [0.05, 0.1) is 12.5 Å². The fraction of sp³-hybridized carbons (Fsp3) is 0.462. The first-order valence-corrected chi connectivity index (χ1v) is 5.88. The van der Waals surface area contributed by atoms with Crippen LogP contribution >= 0.6 is 0 Å². The maximum absolute atomic E-state index is 9.98. The number of rotatable bonds is 3. The number of hydrogen-bond donors (Lipinski definition) is 1. The molecule has 2 aromatic heterocycles. The Bertz CT molecular complexity index is 502. The molecule has 0 fully saturated rings. The highest BCUT2D eigenvalue weighted by Gasteiger charge is 2.24. The first-order valence-electron chi connectivity index (χ1n) is 5.88. The molecular weight excluding hydrogens is 230 g/mol. The quantitative estimate of drug-likeness (QED) is 0.899. The van der Waals surface area contributed by atoms with E-state index >= 15 is 0 Å². The van der Waals surface area contributed by atoms with Crippen LogP contribution in [0.1, 0.15) is 26.7 Å². The highest BCUT2D eigenvalue weighted by Crippen LogP contribution is 2.22. The molecule has 0 saturated carbocycles. The molecule has 0 aliphatic rings. The lowest BCUT2D eigenvalue weighted by Gasteiger charge is -2.24. The summed E-state index contributed by atoms with van der Waals surface area (Å²) >= 11 is 0. The van der Waals surface area contributed by atoms with Gasteiger partial charge in [-0.05, 0) is 17.5 Å². The first-order chi connectivity index (χ1) is 8.47. The van der Waals surface area contributed by atoms with Gasteiger partial charge in [-0.3, -0.25) is 4.98 Å². The van der Waals surface area contributed by atoms with Gasteiger partial charge in [-0.25, -0.2) is 0 Å². The third-order valence-corrected chi connectivity index (χ3v) is 2.76. The van der Waals surface area contributed by atoms with Crippen molar-refractivity contribution in [2.24, 2.45) is 5.41 Å². The number of nitrogens with zero attached hydrogens (tertiary/aromatic N) is 3. The van der Waals surface area contributed by atoms with E-state index in [4.69, 9.17) is 4.52 Å². The van der Waals surface area contributed by atoms with Gasteiger partial charge in [-0.15, -0.1) is 0 Å². The summed E-state index contributed by atoms with van der Waals surface area (Å²) < 4.78 is 5.14. The van der Waals surface area contributed by atoms with Crippen molar-refractivity contribution in [3.8, 4) is 11.4 Å². The van der Waals surface area contributed by atoms with Crippen LogP contribution in [-0.4, -0.2) is 26.3 Å². The van der Waals surface area contributed by atoms with Crippen LogP contribution in [0.4, 0.5) is 0 Å². The lowest BCUT2D eigenvalue weighted by atomic mass is 9.87. The van der Waals surface area contributed by atoms with Crippen LogP contribution in [-0.2, 0) is 6.42 Å². The fourth-order valence-corrected chi connectivity index (χ4v) is 1.42. The van der Waals surface area contributed by atoms with Gasteiger partial charge in [0.2, 0.25) is 11.7 Å². The second-order valence-electron chi connectivity index (χ2n) is 5.34. The van der Waals surface area contributed by atoms with E-state index in [9.17, 15) is 5.11 Å². The van der Waals surface area contributed by atoms with Crippen molar-refractivity contribution in [2.45, 2.75) is 33.3 Å². The molecule has 0 spiro atoms. The highest BCUT2D eigenvalue weighted by atomic mass is 16.5. The maximum Gasteiger partial charge on any atom is 0.229 e. The maximum atomic E-state index is 9.98. The van der Waals surface area contributed by atoms with Crippen molar-refractivity contribution in [1.29, 1.82) is 0 Å². The zero-order chi connectivity index (χ0) is 13.2. The molecule has 0 bridgehead atoms. The largest absolute Gasteiger partial charge is 0.392 e. The Morgan fingerprint density at radius 1 is 1.39 bits per heavy atom. The van der Waals surface area contributed by atoms with E-state index < -0.39 is 6.10 Å². The van der Waals surface area contributed by atoms with Crippen LogP contribution in [0.2, 0.25) is 0 Å². The number of aliphatic hydroxyl groups is 1. The van der Waals surface area contributed by atoms with Crippen LogP contribution in [0.3, 0.4) is 0 Å². The monoisotopic (exact) mass is 247 g/mol. The average molecular weight is 247 g/mol. The summed E-state index contributed by atoms with van der Waals surface area (Å²) in [5, 5.41) is 13.9. The van der Waals surface area contributed by atoms with Gasteiger partial charge in [-0.1, -0.05) is 25.9 Å². The van der Waals surface area contributed by atoms with Crippen LogP contribution in [0.5, 0.6) is 0 Å². The number of aromatic nitrogens is 3. The standard InChI is InChI=1S/C13H17N3O2/c1-13(2,3)10(17)7-11-15-12(16-18-11)9-5-4-6-14-8-9/h4-6,8,10,17H,7H2,1-3H3. The topological polar surface area (TPSA) is 72.0 Å². The summed E-state index contributed by atoms with van der Waals surface area (Å²) in [6.07, 6.45) is 3.21. The van der Waals surface area contributed by atoms with E-state index in [2.05, 4.69) is 15.1 Å². The first kappa shape index (κ1) is 12.7. The van der Waals surface area contributed by atoms with Crippen LogP contribution in [0.15, 0.2) is 29.0 Å². The molecule has 0 radical (unpaired) electrons. The summed E-state index contributed by atoms with van der Waals surface area (Å²) in [5.41, 5.74) is 0.598. The van der Waals surface area contributed by atoms with E-state index in [0.717, 1.165) is 5.56 Å². The summed E-state index contributed by atoms with van der Waals surface area (Å²) in [6.45, 7) is 5.90. The molecule has 18 heavy (non-hydrogen) atoms. The van der Waals surface area contributed by atoms with Gasteiger partial charge >= 0.3 is 0 Å². The van der Waals surface area contributed by atoms with Crippen molar-refractivity contribution < 1.29 is 9.63 Å². The normalized spacial score (nSPS) is 13.6. The molecule has 0 saturated heterocycles. The van der Waals surface area contributed by atoms with E-state index in [1.54, 1.807) is 12.4 Å². The molecule has 0 aromatic carbocycles. The molecule has 1 atom stereocenters. The average Bonchev–Trinajstić information content (AvgIpc) is 2.77. The zero-order valence-corrected chi connectivity index (χ0v) is 10.8. The molecule has 5 heteroatoms. The highest BCUT2D eigenvalue weighted by molar-refractivity contribution is 5.51. The van der Waals surface area contributed by atoms with E-state index in [1.807, 2.05) is 32.9 Å². The molecule has 0 aliphatic carbocycles. The minimum Gasteiger partial charge on any atom is -0.392 e. The number of hydrogen-bond acceptors (Lipinski definition) is 5. The third kappa shape index (κ3) is 2.92. The fourth-order valence-electron chi connectivity index (χ4n) is 1.42. The Morgan fingerprint density at radius 2 is 2.17 bits per heavy atom. The van der Waals surface area contributed by atoms with Crippen molar-refractivity contribution in [3.05, 3.63) is 30.4 Å². The Morgan fingerprint density at radius 3 is 2.78 bits per heavy atom. The summed E-state index contributed by atoms with van der Waals surface area (Å²) in [5.74, 6) is 0.940. The van der Waals surface area contributed by atoms with E-state index in [1.165, 1.54) is 0 Å². The lowest BCUT2D eigenvalue weighted by Crippen LogP contribution is -2.28. The molecule has 2 heterocycles. The van der Waals surface area contributed by atoms with Crippen molar-refractivity contribution in [2.75, 3.05) is 0 Å². The molecular formula is C13H17N3O2. The number of aliphatic hydroxyl groups excluding tert-OH is 1. The molecule has 5 nitrogen and oxygen atoms in total. The van der Waals surface area contributed by atoms with Gasteiger partial charge in [0.15, 0.2) is 0 Å². The molecule has 1 N–H and O–H groups in total. The summed E-state index contributed by atoms with van der Waals surface area (Å²) in [7, 11) is 0. The second-order valence-corrected chi connectivity index (χ2v) is 5.34. The van der Waals surface area contributed by atoms with Gasteiger partial charge in [0.1, 0.15) is 0 Å².